The predicted octanol–water partition coefficient (Wildman–Crippen LogP) is -0.521. The highest BCUT2D eigenvalue weighted by atomic mass is 16.4. The number of carboxylic acid groups (broad SMARTS) is 1. The van der Waals surface area contributed by atoms with Crippen molar-refractivity contribution in [1.82, 2.24) is 4.90 Å². The summed E-state index contributed by atoms with van der Waals surface area (Å²) < 4.78 is 0. The van der Waals surface area contributed by atoms with Crippen LogP contribution in [0.3, 0.4) is 0 Å². The molecular formula is C18H26N2O3. The van der Waals surface area contributed by atoms with Crippen LogP contribution in [0.4, 0.5) is 0 Å². The van der Waals surface area contributed by atoms with Crippen molar-refractivity contribution in [2.24, 2.45) is 5.92 Å². The Balaban J connectivity index is 0.000000198. The first kappa shape index (κ1) is 17.6. The van der Waals surface area contributed by atoms with Crippen LogP contribution < -0.4 is 10.0 Å². The van der Waals surface area contributed by atoms with Gasteiger partial charge in [0.25, 0.3) is 0 Å². The number of carbonyl (C=O) groups is 2. The van der Waals surface area contributed by atoms with Gasteiger partial charge in [0, 0.05) is 37.2 Å². The van der Waals surface area contributed by atoms with Gasteiger partial charge in [-0.2, -0.15) is 0 Å². The third kappa shape index (κ3) is 5.15. The van der Waals surface area contributed by atoms with Crippen molar-refractivity contribution in [2.75, 3.05) is 39.3 Å². The summed E-state index contributed by atoms with van der Waals surface area (Å²) in [6, 6.07) is 6.15. The van der Waals surface area contributed by atoms with Crippen LogP contribution in [0.15, 0.2) is 24.3 Å². The van der Waals surface area contributed by atoms with Crippen LogP contribution in [0.2, 0.25) is 0 Å². The van der Waals surface area contributed by atoms with Crippen molar-refractivity contribution in [3.8, 4) is 0 Å². The van der Waals surface area contributed by atoms with Crippen LogP contribution in [-0.4, -0.2) is 55.9 Å². The Hall–Kier alpha value is -1.72. The maximum absolute atomic E-state index is 11.7. The van der Waals surface area contributed by atoms with E-state index in [1.807, 2.05) is 18.7 Å². The molecule has 0 radical (unpaired) electrons. The van der Waals surface area contributed by atoms with Gasteiger partial charge in [0.05, 0.1) is 25.6 Å². The van der Waals surface area contributed by atoms with Gasteiger partial charge in [-0.25, -0.2) is 0 Å². The van der Waals surface area contributed by atoms with Crippen molar-refractivity contribution in [2.45, 2.75) is 20.3 Å². The molecule has 3 aliphatic heterocycles. The molecule has 1 N–H and O–H groups in total. The second-order valence-electron chi connectivity index (χ2n) is 6.70. The highest BCUT2D eigenvalue weighted by Gasteiger charge is 2.25. The quantitative estimate of drug-likeness (QED) is 0.759. The molecule has 126 valence electrons. The van der Waals surface area contributed by atoms with Gasteiger partial charge in [0.1, 0.15) is 0 Å². The standard InChI is InChI=1S/C12H14O3.C6H12N2/c1-8(2)7-11(13)9-5-3-4-6-10(9)12(14)15;1-2-8-5-3-7(1)4-6-8/h3-6,8H,7H2,1-2H3,(H,14,15);1-6H2. The van der Waals surface area contributed by atoms with E-state index < -0.39 is 5.97 Å². The Morgan fingerprint density at radius 3 is 1.96 bits per heavy atom. The lowest BCUT2D eigenvalue weighted by Gasteiger charge is -2.38. The Labute approximate surface area is 137 Å². The first-order chi connectivity index (χ1) is 11.0. The zero-order chi connectivity index (χ0) is 16.8. The number of nitrogens with one attached hydrogen (secondary N) is 1. The molecule has 3 saturated heterocycles. The summed E-state index contributed by atoms with van der Waals surface area (Å²) in [6.07, 6.45) is 0.351. The second-order valence-corrected chi connectivity index (χ2v) is 6.70. The number of aromatic carboxylic acids is 1. The fourth-order valence-corrected chi connectivity index (χ4v) is 3.04. The summed E-state index contributed by atoms with van der Waals surface area (Å²) in [4.78, 5) is 26.8. The molecular weight excluding hydrogens is 292 g/mol. The molecule has 0 amide bonds. The summed E-state index contributed by atoms with van der Waals surface area (Å²) in [5.74, 6) is -1.24. The summed E-state index contributed by atoms with van der Waals surface area (Å²) in [5, 5.41) is 10.7. The van der Waals surface area contributed by atoms with E-state index in [9.17, 15) is 14.7 Å². The fourth-order valence-electron chi connectivity index (χ4n) is 3.04. The van der Waals surface area contributed by atoms with Crippen molar-refractivity contribution in [1.29, 1.82) is 0 Å². The molecule has 0 atom stereocenters. The summed E-state index contributed by atoms with van der Waals surface area (Å²) in [7, 11) is 0. The number of carbonyl (C=O) groups excluding carboxylic acids is 2. The minimum Gasteiger partial charge on any atom is -0.545 e. The molecule has 0 spiro atoms. The molecule has 1 aromatic carbocycles. The topological polar surface area (TPSA) is 64.9 Å². The van der Waals surface area contributed by atoms with Gasteiger partial charge in [0.2, 0.25) is 0 Å². The molecule has 3 aliphatic rings. The van der Waals surface area contributed by atoms with Crippen LogP contribution >= 0.6 is 0 Å². The molecule has 3 fully saturated rings. The van der Waals surface area contributed by atoms with Gasteiger partial charge < -0.3 is 14.8 Å². The minimum absolute atomic E-state index is 0.0249. The maximum Gasteiger partial charge on any atom is 0.163 e. The number of carboxylic acids is 1. The van der Waals surface area contributed by atoms with Crippen LogP contribution in [0.1, 0.15) is 41.0 Å². The number of rotatable bonds is 4. The van der Waals surface area contributed by atoms with Crippen LogP contribution in [-0.2, 0) is 0 Å². The molecule has 0 unspecified atom stereocenters. The van der Waals surface area contributed by atoms with Gasteiger partial charge in [-0.1, -0.05) is 38.1 Å². The lowest BCUT2D eigenvalue weighted by Crippen LogP contribution is -3.17. The molecule has 0 saturated carbocycles. The normalized spacial score (nSPS) is 22.4. The number of nitrogens with zero attached hydrogens (tertiary/aromatic N) is 1. The van der Waals surface area contributed by atoms with Gasteiger partial charge in [-0.15, -0.1) is 0 Å². The van der Waals surface area contributed by atoms with E-state index in [0.717, 1.165) is 0 Å². The van der Waals surface area contributed by atoms with E-state index in [2.05, 4.69) is 4.90 Å². The number of piperazine rings is 3. The number of benzene rings is 1. The number of Topliss-reactive ketones (excluding diaryl/α,β-unsaturated/α-hetero) is 1. The summed E-state index contributed by atoms with van der Waals surface area (Å²) in [5.41, 5.74) is 0.217. The number of hydrogen-bond donors (Lipinski definition) is 1. The predicted molar refractivity (Wildman–Crippen MR) is 86.6 cm³/mol. The highest BCUT2D eigenvalue weighted by molar-refractivity contribution is 6.05. The van der Waals surface area contributed by atoms with Crippen molar-refractivity contribution >= 4 is 11.8 Å². The highest BCUT2D eigenvalue weighted by Crippen LogP contribution is 2.13. The third-order valence-electron chi connectivity index (χ3n) is 4.39. The van der Waals surface area contributed by atoms with E-state index >= 15 is 0 Å². The number of ketones is 1. The van der Waals surface area contributed by atoms with E-state index in [1.165, 1.54) is 51.4 Å². The summed E-state index contributed by atoms with van der Waals surface area (Å²) in [6.45, 7) is 12.1. The monoisotopic (exact) mass is 318 g/mol. The van der Waals surface area contributed by atoms with Crippen LogP contribution in [0.25, 0.3) is 0 Å². The molecule has 23 heavy (non-hydrogen) atoms. The second kappa shape index (κ2) is 8.22. The number of fused-ring (bicyclic) bond motifs is 3. The van der Waals surface area contributed by atoms with Gasteiger partial charge in [-0.3, -0.25) is 9.69 Å². The van der Waals surface area contributed by atoms with Crippen molar-refractivity contribution in [3.63, 3.8) is 0 Å². The van der Waals surface area contributed by atoms with Gasteiger partial charge in [0.15, 0.2) is 5.78 Å². The molecule has 1 aromatic rings. The Kier molecular flexibility index (Phi) is 6.30. The van der Waals surface area contributed by atoms with Gasteiger partial charge in [-0.05, 0) is 5.92 Å². The van der Waals surface area contributed by atoms with Crippen molar-refractivity contribution < 1.29 is 19.6 Å². The SMILES string of the molecule is C1C[NH+]2CCN1CC2.CC(C)CC(=O)c1ccccc1C(=O)[O-]. The Bertz CT molecular complexity index is 526. The zero-order valence-electron chi connectivity index (χ0n) is 14.0. The molecule has 5 nitrogen and oxygen atoms in total. The molecule has 3 heterocycles. The number of hydrogen-bond acceptors (Lipinski definition) is 4. The van der Waals surface area contributed by atoms with Gasteiger partial charge >= 0.3 is 0 Å². The van der Waals surface area contributed by atoms with E-state index in [0.29, 0.717) is 6.42 Å². The summed E-state index contributed by atoms with van der Waals surface area (Å²) >= 11 is 0. The molecule has 5 heteroatoms. The average Bonchev–Trinajstić information content (AvgIpc) is 2.56. The minimum atomic E-state index is -1.30. The lowest BCUT2D eigenvalue weighted by atomic mass is 9.97. The third-order valence-corrected chi connectivity index (χ3v) is 4.39. The number of quaternary nitrogens is 1. The van der Waals surface area contributed by atoms with Crippen LogP contribution in [0, 0.1) is 5.92 Å². The Morgan fingerprint density at radius 2 is 1.61 bits per heavy atom. The smallest absolute Gasteiger partial charge is 0.163 e. The first-order valence-corrected chi connectivity index (χ1v) is 8.37. The van der Waals surface area contributed by atoms with Crippen molar-refractivity contribution in [3.05, 3.63) is 35.4 Å². The van der Waals surface area contributed by atoms with E-state index in [1.54, 1.807) is 12.1 Å². The zero-order valence-corrected chi connectivity index (χ0v) is 14.0. The molecule has 0 aliphatic carbocycles. The van der Waals surface area contributed by atoms with E-state index in [-0.39, 0.29) is 22.8 Å². The molecule has 2 bridgehead atoms. The first-order valence-electron chi connectivity index (χ1n) is 8.37. The largest absolute Gasteiger partial charge is 0.545 e. The lowest BCUT2D eigenvalue weighted by molar-refractivity contribution is -0.914. The average molecular weight is 318 g/mol. The molecule has 4 rings (SSSR count). The maximum atomic E-state index is 11.7. The Morgan fingerprint density at radius 1 is 1.09 bits per heavy atom. The van der Waals surface area contributed by atoms with Crippen LogP contribution in [0.5, 0.6) is 0 Å². The molecule has 0 aromatic heterocycles. The fraction of sp³-hybridized carbons (Fsp3) is 0.556. The van der Waals surface area contributed by atoms with E-state index in [4.69, 9.17) is 0 Å².